The molecule has 1 saturated heterocycles. The summed E-state index contributed by atoms with van der Waals surface area (Å²) >= 11 is 1.90. The van der Waals surface area contributed by atoms with Gasteiger partial charge in [0.1, 0.15) is 6.17 Å². The van der Waals surface area contributed by atoms with E-state index in [0.717, 1.165) is 6.42 Å². The minimum Gasteiger partial charge on any atom is -0.318 e. The summed E-state index contributed by atoms with van der Waals surface area (Å²) in [6, 6.07) is 10.7. The van der Waals surface area contributed by atoms with Crippen LogP contribution in [0.25, 0.3) is 0 Å². The Balaban J connectivity index is 1.87. The Bertz CT molecular complexity index is 451. The van der Waals surface area contributed by atoms with Gasteiger partial charge >= 0.3 is 0 Å². The summed E-state index contributed by atoms with van der Waals surface area (Å²) in [4.78, 5) is 14.4. The van der Waals surface area contributed by atoms with Gasteiger partial charge in [0.05, 0.1) is 6.54 Å². The van der Waals surface area contributed by atoms with Crippen LogP contribution < -0.4 is 5.32 Å². The molecular formula is C15H20N2OS. The normalized spacial score (nSPS) is 31.1. The lowest BCUT2D eigenvalue weighted by atomic mass is 10.1. The van der Waals surface area contributed by atoms with E-state index in [-0.39, 0.29) is 12.1 Å². The molecule has 1 aromatic carbocycles. The second-order valence-electron chi connectivity index (χ2n) is 5.27. The first kappa shape index (κ1) is 13.0. The molecular weight excluding hydrogens is 256 g/mol. The van der Waals surface area contributed by atoms with E-state index in [4.69, 9.17) is 0 Å². The van der Waals surface area contributed by atoms with Gasteiger partial charge in [-0.25, -0.2) is 0 Å². The van der Waals surface area contributed by atoms with E-state index in [1.165, 1.54) is 18.4 Å². The van der Waals surface area contributed by atoms with Crippen molar-refractivity contribution in [2.45, 2.75) is 36.7 Å². The average Bonchev–Trinajstić information content (AvgIpc) is 3.05. The van der Waals surface area contributed by atoms with E-state index in [1.54, 1.807) is 0 Å². The van der Waals surface area contributed by atoms with Gasteiger partial charge in [-0.05, 0) is 24.7 Å². The molecule has 1 saturated carbocycles. The first-order valence-electron chi connectivity index (χ1n) is 6.93. The highest BCUT2D eigenvalue weighted by Crippen LogP contribution is 2.37. The molecule has 19 heavy (non-hydrogen) atoms. The molecule has 1 aliphatic heterocycles. The summed E-state index contributed by atoms with van der Waals surface area (Å²) in [5.74, 6) is 0.250. The number of carbonyl (C=O) groups is 1. The van der Waals surface area contributed by atoms with Crippen molar-refractivity contribution >= 4 is 17.7 Å². The number of nitrogens with one attached hydrogen (secondary N) is 1. The van der Waals surface area contributed by atoms with Crippen molar-refractivity contribution in [3.8, 4) is 0 Å². The van der Waals surface area contributed by atoms with Gasteiger partial charge in [0, 0.05) is 11.3 Å². The number of amides is 1. The molecule has 102 valence electrons. The first-order valence-corrected chi connectivity index (χ1v) is 8.22. The van der Waals surface area contributed by atoms with Crippen LogP contribution in [0.1, 0.15) is 31.0 Å². The van der Waals surface area contributed by atoms with Crippen LogP contribution in [0.2, 0.25) is 0 Å². The molecule has 1 amide bonds. The Morgan fingerprint density at radius 2 is 2.05 bits per heavy atom. The molecule has 0 bridgehead atoms. The molecule has 3 rings (SSSR count). The van der Waals surface area contributed by atoms with Crippen LogP contribution in [0.4, 0.5) is 0 Å². The summed E-state index contributed by atoms with van der Waals surface area (Å²) in [7, 11) is 0. The van der Waals surface area contributed by atoms with Crippen molar-refractivity contribution in [2.75, 3.05) is 12.8 Å². The zero-order valence-electron chi connectivity index (χ0n) is 11.2. The van der Waals surface area contributed by atoms with Crippen LogP contribution in [0, 0.1) is 0 Å². The third-order valence-electron chi connectivity index (χ3n) is 4.21. The highest BCUT2D eigenvalue weighted by atomic mass is 32.2. The largest absolute Gasteiger partial charge is 0.318 e. The van der Waals surface area contributed by atoms with Crippen LogP contribution >= 0.6 is 11.8 Å². The van der Waals surface area contributed by atoms with Crippen LogP contribution in [-0.4, -0.2) is 34.9 Å². The van der Waals surface area contributed by atoms with Crippen molar-refractivity contribution < 1.29 is 4.79 Å². The Kier molecular flexibility index (Phi) is 3.80. The molecule has 1 heterocycles. The molecule has 1 aromatic rings. The van der Waals surface area contributed by atoms with Crippen molar-refractivity contribution in [3.05, 3.63) is 35.9 Å². The van der Waals surface area contributed by atoms with Crippen LogP contribution in [-0.2, 0) is 4.79 Å². The maximum atomic E-state index is 12.3. The van der Waals surface area contributed by atoms with Crippen molar-refractivity contribution in [1.82, 2.24) is 10.2 Å². The monoisotopic (exact) mass is 276 g/mol. The molecule has 0 aromatic heterocycles. The van der Waals surface area contributed by atoms with Crippen LogP contribution in [0.3, 0.4) is 0 Å². The minimum absolute atomic E-state index is 0.0615. The Morgan fingerprint density at radius 3 is 2.79 bits per heavy atom. The van der Waals surface area contributed by atoms with Crippen molar-refractivity contribution in [1.29, 1.82) is 0 Å². The number of rotatable bonds is 3. The molecule has 1 aliphatic carbocycles. The van der Waals surface area contributed by atoms with Gasteiger partial charge in [-0.2, -0.15) is 11.8 Å². The number of carbonyl (C=O) groups excluding carboxylic acids is 1. The molecule has 0 spiro atoms. The maximum Gasteiger partial charge on any atom is 0.238 e. The zero-order valence-corrected chi connectivity index (χ0v) is 12.0. The molecule has 2 aliphatic rings. The van der Waals surface area contributed by atoms with Gasteiger partial charge in [0.2, 0.25) is 5.91 Å². The summed E-state index contributed by atoms with van der Waals surface area (Å²) in [6.07, 6.45) is 5.83. The molecule has 3 nitrogen and oxygen atoms in total. The van der Waals surface area contributed by atoms with Gasteiger partial charge in [-0.1, -0.05) is 36.8 Å². The quantitative estimate of drug-likeness (QED) is 0.920. The van der Waals surface area contributed by atoms with E-state index in [2.05, 4.69) is 28.6 Å². The molecule has 3 atom stereocenters. The van der Waals surface area contributed by atoms with E-state index < -0.39 is 0 Å². The molecule has 0 radical (unpaired) electrons. The fourth-order valence-corrected chi connectivity index (χ4v) is 4.29. The van der Waals surface area contributed by atoms with Gasteiger partial charge in [-0.15, -0.1) is 0 Å². The van der Waals surface area contributed by atoms with Gasteiger partial charge in [-0.3, -0.25) is 10.1 Å². The maximum absolute atomic E-state index is 12.3. The highest BCUT2D eigenvalue weighted by molar-refractivity contribution is 7.99. The lowest BCUT2D eigenvalue weighted by molar-refractivity contribution is -0.130. The lowest BCUT2D eigenvalue weighted by Gasteiger charge is -2.33. The van der Waals surface area contributed by atoms with E-state index in [9.17, 15) is 4.79 Å². The second kappa shape index (κ2) is 5.55. The number of benzene rings is 1. The Hall–Kier alpha value is -1.00. The Morgan fingerprint density at radius 1 is 1.26 bits per heavy atom. The van der Waals surface area contributed by atoms with E-state index in [0.29, 0.717) is 17.8 Å². The fraction of sp³-hybridized carbons (Fsp3) is 0.533. The molecule has 2 fully saturated rings. The molecule has 1 N–H and O–H groups in total. The topological polar surface area (TPSA) is 32.3 Å². The van der Waals surface area contributed by atoms with Crippen LogP contribution in [0.5, 0.6) is 0 Å². The SMILES string of the molecule is CSC1CCCC1N1C(=O)CNC1c1ccccc1. The van der Waals surface area contributed by atoms with Crippen molar-refractivity contribution in [3.63, 3.8) is 0 Å². The summed E-state index contributed by atoms with van der Waals surface area (Å²) in [5, 5.41) is 3.95. The standard InChI is InChI=1S/C15H20N2OS/c1-19-13-9-5-8-12(13)17-14(18)10-16-15(17)11-6-3-2-4-7-11/h2-4,6-7,12-13,15-16H,5,8-10H2,1H3. The van der Waals surface area contributed by atoms with E-state index in [1.807, 2.05) is 30.0 Å². The summed E-state index contributed by atoms with van der Waals surface area (Å²) < 4.78 is 0. The first-order chi connectivity index (χ1) is 9.31. The van der Waals surface area contributed by atoms with Gasteiger partial charge < -0.3 is 4.90 Å². The predicted molar refractivity (Wildman–Crippen MR) is 79.0 cm³/mol. The summed E-state index contributed by atoms with van der Waals surface area (Å²) in [6.45, 7) is 0.469. The third kappa shape index (κ3) is 2.39. The fourth-order valence-electron chi connectivity index (χ4n) is 3.31. The van der Waals surface area contributed by atoms with Crippen molar-refractivity contribution in [2.24, 2.45) is 0 Å². The second-order valence-corrected chi connectivity index (χ2v) is 6.34. The smallest absolute Gasteiger partial charge is 0.238 e. The van der Waals surface area contributed by atoms with E-state index >= 15 is 0 Å². The third-order valence-corrected chi connectivity index (χ3v) is 5.36. The number of hydrogen-bond acceptors (Lipinski definition) is 3. The molecule has 4 heteroatoms. The van der Waals surface area contributed by atoms with Gasteiger partial charge in [0.25, 0.3) is 0 Å². The Labute approximate surface area is 118 Å². The molecule has 3 unspecified atom stereocenters. The lowest BCUT2D eigenvalue weighted by Crippen LogP contribution is -2.42. The zero-order chi connectivity index (χ0) is 13.2. The minimum atomic E-state index is 0.0615. The summed E-state index contributed by atoms with van der Waals surface area (Å²) in [5.41, 5.74) is 1.19. The predicted octanol–water partition coefficient (Wildman–Crippen LogP) is 2.40. The highest BCUT2D eigenvalue weighted by Gasteiger charge is 2.41. The van der Waals surface area contributed by atoms with Gasteiger partial charge in [0.15, 0.2) is 0 Å². The number of nitrogens with zero attached hydrogens (tertiary/aromatic N) is 1. The number of hydrogen-bond donors (Lipinski definition) is 1. The average molecular weight is 276 g/mol. The number of thioether (sulfide) groups is 1. The van der Waals surface area contributed by atoms with Crippen LogP contribution in [0.15, 0.2) is 30.3 Å².